The molecule has 14 heavy (non-hydrogen) atoms. The molecule has 0 atom stereocenters. The number of H-pyrrole nitrogens is 1. The van der Waals surface area contributed by atoms with Crippen LogP contribution in [0.1, 0.15) is 17.4 Å². The number of ketones is 1. The van der Waals surface area contributed by atoms with Gasteiger partial charge in [-0.2, -0.15) is 0 Å². The van der Waals surface area contributed by atoms with E-state index in [9.17, 15) is 9.90 Å². The Hall–Kier alpha value is -1.48. The van der Waals surface area contributed by atoms with Crippen LogP contribution in [-0.4, -0.2) is 15.9 Å². The Morgan fingerprint density at radius 1 is 1.50 bits per heavy atom. The zero-order valence-corrected chi connectivity index (χ0v) is 8.22. The summed E-state index contributed by atoms with van der Waals surface area (Å²) in [4.78, 5) is 13.9. The number of Topliss-reactive ketones (excluding diaryl/α,β-unsaturated/α-hetero) is 1. The Kier molecular flexibility index (Phi) is 1.97. The van der Waals surface area contributed by atoms with Crippen molar-refractivity contribution < 1.29 is 9.90 Å². The summed E-state index contributed by atoms with van der Waals surface area (Å²) in [5.74, 6) is -0.246. The van der Waals surface area contributed by atoms with Gasteiger partial charge in [-0.3, -0.25) is 4.79 Å². The van der Waals surface area contributed by atoms with Crippen LogP contribution in [0.25, 0.3) is 10.9 Å². The maximum absolute atomic E-state index is 11.1. The average Bonchev–Trinajstić information content (AvgIpc) is 2.46. The number of rotatable bonds is 1. The second-order valence-electron chi connectivity index (χ2n) is 3.07. The number of benzene rings is 1. The van der Waals surface area contributed by atoms with Gasteiger partial charge in [0.05, 0.1) is 10.5 Å². The SMILES string of the molecule is CC(=O)c1[nH]c2c(Cl)cccc2c1O. The summed E-state index contributed by atoms with van der Waals surface area (Å²) in [5.41, 5.74) is 0.796. The van der Waals surface area contributed by atoms with Crippen LogP contribution in [0.5, 0.6) is 5.75 Å². The topological polar surface area (TPSA) is 53.1 Å². The van der Waals surface area contributed by atoms with Crippen LogP contribution in [0.2, 0.25) is 5.02 Å². The van der Waals surface area contributed by atoms with Crippen molar-refractivity contribution in [1.29, 1.82) is 0 Å². The van der Waals surface area contributed by atoms with Crippen LogP contribution in [0, 0.1) is 0 Å². The van der Waals surface area contributed by atoms with Crippen LogP contribution in [-0.2, 0) is 0 Å². The second kappa shape index (κ2) is 3.03. The summed E-state index contributed by atoms with van der Waals surface area (Å²) >= 11 is 5.89. The lowest BCUT2D eigenvalue weighted by molar-refractivity contribution is 0.101. The standard InChI is InChI=1S/C10H8ClNO2/c1-5(13)8-10(14)6-3-2-4-7(11)9(6)12-8/h2-4,12,14H,1H3. The van der Waals surface area contributed by atoms with Gasteiger partial charge in [-0.15, -0.1) is 0 Å². The highest BCUT2D eigenvalue weighted by atomic mass is 35.5. The van der Waals surface area contributed by atoms with Gasteiger partial charge in [0.15, 0.2) is 11.5 Å². The smallest absolute Gasteiger partial charge is 0.179 e. The maximum Gasteiger partial charge on any atom is 0.179 e. The minimum atomic E-state index is -0.213. The first kappa shape index (κ1) is 9.09. The zero-order valence-electron chi connectivity index (χ0n) is 7.47. The van der Waals surface area contributed by atoms with Gasteiger partial charge in [0.2, 0.25) is 0 Å². The van der Waals surface area contributed by atoms with Crippen LogP contribution in [0.15, 0.2) is 18.2 Å². The van der Waals surface area contributed by atoms with Crippen molar-refractivity contribution in [1.82, 2.24) is 4.98 Å². The number of aromatic amines is 1. The third-order valence-corrected chi connectivity index (χ3v) is 2.42. The summed E-state index contributed by atoms with van der Waals surface area (Å²) in [6.45, 7) is 1.39. The summed E-state index contributed by atoms with van der Waals surface area (Å²) in [6.07, 6.45) is 0. The van der Waals surface area contributed by atoms with Gasteiger partial charge in [0.1, 0.15) is 5.69 Å². The van der Waals surface area contributed by atoms with E-state index in [1.54, 1.807) is 18.2 Å². The van der Waals surface area contributed by atoms with Crippen molar-refractivity contribution >= 4 is 28.3 Å². The molecule has 0 fully saturated rings. The molecule has 0 bridgehead atoms. The predicted molar refractivity (Wildman–Crippen MR) is 55.0 cm³/mol. The highest BCUT2D eigenvalue weighted by molar-refractivity contribution is 6.35. The molecule has 2 N–H and O–H groups in total. The summed E-state index contributed by atoms with van der Waals surface area (Å²) in [5, 5.41) is 10.7. The minimum absolute atomic E-state index is 0.0324. The molecule has 2 aromatic rings. The molecule has 0 aliphatic rings. The summed E-state index contributed by atoms with van der Waals surface area (Å²) in [6, 6.07) is 5.13. The highest BCUT2D eigenvalue weighted by Crippen LogP contribution is 2.32. The molecular weight excluding hydrogens is 202 g/mol. The van der Waals surface area contributed by atoms with Gasteiger partial charge in [-0.25, -0.2) is 0 Å². The molecule has 1 aromatic carbocycles. The van der Waals surface area contributed by atoms with Crippen LogP contribution in [0.3, 0.4) is 0 Å². The number of para-hydroxylation sites is 1. The van der Waals surface area contributed by atoms with E-state index in [1.165, 1.54) is 6.92 Å². The van der Waals surface area contributed by atoms with Gasteiger partial charge in [-0.05, 0) is 12.1 Å². The van der Waals surface area contributed by atoms with Gasteiger partial charge in [0.25, 0.3) is 0 Å². The number of nitrogens with one attached hydrogen (secondary N) is 1. The predicted octanol–water partition coefficient (Wildman–Crippen LogP) is 2.73. The number of fused-ring (bicyclic) bond motifs is 1. The van der Waals surface area contributed by atoms with E-state index in [-0.39, 0.29) is 17.2 Å². The van der Waals surface area contributed by atoms with E-state index >= 15 is 0 Å². The molecule has 72 valence electrons. The number of hydrogen-bond acceptors (Lipinski definition) is 2. The molecule has 2 rings (SSSR count). The van der Waals surface area contributed by atoms with Crippen molar-refractivity contribution in [3.8, 4) is 5.75 Å². The molecule has 0 radical (unpaired) electrons. The van der Waals surface area contributed by atoms with Crippen molar-refractivity contribution in [3.05, 3.63) is 28.9 Å². The van der Waals surface area contributed by atoms with Crippen LogP contribution < -0.4 is 0 Å². The van der Waals surface area contributed by atoms with E-state index in [2.05, 4.69) is 4.98 Å². The lowest BCUT2D eigenvalue weighted by atomic mass is 10.2. The molecular formula is C10H8ClNO2. The molecule has 4 heteroatoms. The molecule has 0 unspecified atom stereocenters. The first-order valence-corrected chi connectivity index (χ1v) is 4.49. The van der Waals surface area contributed by atoms with Crippen molar-refractivity contribution in [2.75, 3.05) is 0 Å². The lowest BCUT2D eigenvalue weighted by Gasteiger charge is -1.91. The largest absolute Gasteiger partial charge is 0.505 e. The fourth-order valence-corrected chi connectivity index (χ4v) is 1.64. The van der Waals surface area contributed by atoms with Crippen LogP contribution in [0.4, 0.5) is 0 Å². The van der Waals surface area contributed by atoms with Gasteiger partial charge in [0, 0.05) is 12.3 Å². The quantitative estimate of drug-likeness (QED) is 0.710. The molecule has 1 heterocycles. The van der Waals surface area contributed by atoms with E-state index in [0.29, 0.717) is 15.9 Å². The van der Waals surface area contributed by atoms with E-state index in [1.807, 2.05) is 0 Å². The molecule has 1 aromatic heterocycles. The Morgan fingerprint density at radius 2 is 2.21 bits per heavy atom. The number of hydrogen-bond donors (Lipinski definition) is 2. The molecule has 0 amide bonds. The first-order valence-electron chi connectivity index (χ1n) is 4.11. The highest BCUT2D eigenvalue weighted by Gasteiger charge is 2.14. The van der Waals surface area contributed by atoms with E-state index in [0.717, 1.165) is 0 Å². The van der Waals surface area contributed by atoms with Gasteiger partial charge >= 0.3 is 0 Å². The van der Waals surface area contributed by atoms with Crippen molar-refractivity contribution in [2.24, 2.45) is 0 Å². The molecule has 0 saturated heterocycles. The number of carbonyl (C=O) groups is 1. The minimum Gasteiger partial charge on any atom is -0.505 e. The lowest BCUT2D eigenvalue weighted by Crippen LogP contribution is -1.91. The number of carbonyl (C=O) groups excluding carboxylic acids is 1. The Morgan fingerprint density at radius 3 is 2.79 bits per heavy atom. The number of aromatic nitrogens is 1. The summed E-state index contributed by atoms with van der Waals surface area (Å²) < 4.78 is 0. The second-order valence-corrected chi connectivity index (χ2v) is 3.47. The Labute approximate surface area is 85.3 Å². The van der Waals surface area contributed by atoms with Gasteiger partial charge in [-0.1, -0.05) is 17.7 Å². The fraction of sp³-hybridized carbons (Fsp3) is 0.100. The first-order chi connectivity index (χ1) is 6.61. The van der Waals surface area contributed by atoms with E-state index in [4.69, 9.17) is 11.6 Å². The third-order valence-electron chi connectivity index (χ3n) is 2.11. The van der Waals surface area contributed by atoms with Crippen LogP contribution >= 0.6 is 11.6 Å². The summed E-state index contributed by atoms with van der Waals surface area (Å²) in [7, 11) is 0. The van der Waals surface area contributed by atoms with Crippen molar-refractivity contribution in [2.45, 2.75) is 6.92 Å². The molecule has 0 spiro atoms. The molecule has 0 aliphatic carbocycles. The zero-order chi connectivity index (χ0) is 10.3. The average molecular weight is 210 g/mol. The molecule has 0 saturated carbocycles. The molecule has 0 aliphatic heterocycles. The maximum atomic E-state index is 11.1. The number of halogens is 1. The fourth-order valence-electron chi connectivity index (χ4n) is 1.42. The Bertz CT molecular complexity index is 516. The van der Waals surface area contributed by atoms with Crippen molar-refractivity contribution in [3.63, 3.8) is 0 Å². The number of aromatic hydroxyl groups is 1. The molecule has 3 nitrogen and oxygen atoms in total. The van der Waals surface area contributed by atoms with E-state index < -0.39 is 0 Å². The third kappa shape index (κ3) is 1.17. The van der Waals surface area contributed by atoms with Gasteiger partial charge < -0.3 is 10.1 Å². The normalized spacial score (nSPS) is 10.7. The monoisotopic (exact) mass is 209 g/mol. The Balaban J connectivity index is 2.86.